The van der Waals surface area contributed by atoms with Gasteiger partial charge in [-0.15, -0.1) is 0 Å². The van der Waals surface area contributed by atoms with E-state index < -0.39 is 0 Å². The van der Waals surface area contributed by atoms with Crippen LogP contribution in [0.2, 0.25) is 0 Å². The molecule has 0 N–H and O–H groups in total. The van der Waals surface area contributed by atoms with E-state index in [9.17, 15) is 0 Å². The first-order valence-corrected chi connectivity index (χ1v) is 5.04. The molecule has 1 saturated heterocycles. The van der Waals surface area contributed by atoms with Gasteiger partial charge in [-0.2, -0.15) is 0 Å². The van der Waals surface area contributed by atoms with E-state index in [2.05, 4.69) is 37.7 Å². The summed E-state index contributed by atoms with van der Waals surface area (Å²) in [5.74, 6) is 0.831. The van der Waals surface area contributed by atoms with Crippen molar-refractivity contribution in [3.05, 3.63) is 0 Å². The molecular weight excluding hydrogens is 148 g/mol. The summed E-state index contributed by atoms with van der Waals surface area (Å²) in [4.78, 5) is 4.95. The van der Waals surface area contributed by atoms with E-state index >= 15 is 0 Å². The smallest absolute Gasteiger partial charge is 0.0246 e. The summed E-state index contributed by atoms with van der Waals surface area (Å²) in [6.07, 6.45) is 1.29. The molecule has 0 amide bonds. The molecule has 2 nitrogen and oxygen atoms in total. The van der Waals surface area contributed by atoms with Crippen LogP contribution >= 0.6 is 0 Å². The molecule has 0 bridgehead atoms. The van der Waals surface area contributed by atoms with E-state index in [0.29, 0.717) is 0 Å². The van der Waals surface area contributed by atoms with Gasteiger partial charge in [0, 0.05) is 25.7 Å². The minimum absolute atomic E-state index is 0.772. The molecule has 1 rings (SSSR count). The van der Waals surface area contributed by atoms with Gasteiger partial charge >= 0.3 is 0 Å². The minimum atomic E-state index is 0.772. The normalized spacial score (nSPS) is 30.5. The molecule has 0 aromatic carbocycles. The molecule has 1 fully saturated rings. The molecule has 1 aliphatic rings. The zero-order valence-electron chi connectivity index (χ0n) is 8.88. The van der Waals surface area contributed by atoms with E-state index in [-0.39, 0.29) is 0 Å². The van der Waals surface area contributed by atoms with E-state index in [0.717, 1.165) is 12.0 Å². The molecule has 2 unspecified atom stereocenters. The number of piperazine rings is 1. The lowest BCUT2D eigenvalue weighted by molar-refractivity contribution is 0.0793. The maximum atomic E-state index is 2.51. The first-order valence-electron chi connectivity index (χ1n) is 5.04. The van der Waals surface area contributed by atoms with Gasteiger partial charge in [-0.25, -0.2) is 0 Å². The van der Waals surface area contributed by atoms with Crippen molar-refractivity contribution in [2.24, 2.45) is 5.92 Å². The van der Waals surface area contributed by atoms with Crippen molar-refractivity contribution >= 4 is 0 Å². The first kappa shape index (κ1) is 10.0. The van der Waals surface area contributed by atoms with Crippen LogP contribution in [0.15, 0.2) is 0 Å². The second-order valence-electron chi connectivity index (χ2n) is 4.20. The maximum absolute atomic E-state index is 2.51. The zero-order chi connectivity index (χ0) is 9.14. The Bertz CT molecular complexity index is 132. The lowest BCUT2D eigenvalue weighted by Crippen LogP contribution is -2.52. The summed E-state index contributed by atoms with van der Waals surface area (Å²) >= 11 is 0. The summed E-state index contributed by atoms with van der Waals surface area (Å²) < 4.78 is 0. The number of rotatable bonds is 2. The molecule has 1 heterocycles. The lowest BCUT2D eigenvalue weighted by atomic mass is 9.96. The van der Waals surface area contributed by atoms with Gasteiger partial charge in [-0.3, -0.25) is 0 Å². The van der Waals surface area contributed by atoms with Crippen molar-refractivity contribution in [1.82, 2.24) is 9.80 Å². The van der Waals surface area contributed by atoms with Crippen LogP contribution in [0.4, 0.5) is 0 Å². The van der Waals surface area contributed by atoms with Crippen LogP contribution in [-0.4, -0.2) is 49.6 Å². The van der Waals surface area contributed by atoms with Crippen LogP contribution in [-0.2, 0) is 0 Å². The average molecular weight is 170 g/mol. The van der Waals surface area contributed by atoms with Crippen molar-refractivity contribution in [3.63, 3.8) is 0 Å². The highest BCUT2D eigenvalue weighted by atomic mass is 15.3. The third-order valence-electron chi connectivity index (χ3n) is 3.20. The highest BCUT2D eigenvalue weighted by molar-refractivity contribution is 4.81. The minimum Gasteiger partial charge on any atom is -0.304 e. The Kier molecular flexibility index (Phi) is 3.53. The van der Waals surface area contributed by atoms with E-state index in [1.165, 1.54) is 26.1 Å². The predicted molar refractivity (Wildman–Crippen MR) is 53.4 cm³/mol. The molecule has 0 saturated carbocycles. The number of hydrogen-bond acceptors (Lipinski definition) is 2. The fraction of sp³-hybridized carbons (Fsp3) is 1.00. The SMILES string of the molecule is CCC(C)C1CN(C)CCN1C. The summed E-state index contributed by atoms with van der Waals surface area (Å²) in [7, 11) is 4.48. The van der Waals surface area contributed by atoms with Gasteiger partial charge in [0.25, 0.3) is 0 Å². The van der Waals surface area contributed by atoms with Crippen molar-refractivity contribution in [2.75, 3.05) is 33.7 Å². The highest BCUT2D eigenvalue weighted by Crippen LogP contribution is 2.17. The predicted octanol–water partition coefficient (Wildman–Crippen LogP) is 1.28. The summed E-state index contributed by atoms with van der Waals surface area (Å²) in [6, 6.07) is 0.772. The Morgan fingerprint density at radius 2 is 2.00 bits per heavy atom. The number of hydrogen-bond donors (Lipinski definition) is 0. The van der Waals surface area contributed by atoms with Gasteiger partial charge in [0.2, 0.25) is 0 Å². The number of likely N-dealkylation sites (N-methyl/N-ethyl adjacent to an activating group) is 2. The van der Waals surface area contributed by atoms with Gasteiger partial charge in [0.1, 0.15) is 0 Å². The molecule has 72 valence electrons. The maximum Gasteiger partial charge on any atom is 0.0246 e. The molecule has 0 radical (unpaired) electrons. The Labute approximate surface area is 76.5 Å². The quantitative estimate of drug-likeness (QED) is 0.616. The Morgan fingerprint density at radius 3 is 2.58 bits per heavy atom. The second-order valence-corrected chi connectivity index (χ2v) is 4.20. The van der Waals surface area contributed by atoms with E-state index in [1.54, 1.807) is 0 Å². The van der Waals surface area contributed by atoms with Crippen molar-refractivity contribution in [1.29, 1.82) is 0 Å². The highest BCUT2D eigenvalue weighted by Gasteiger charge is 2.25. The lowest BCUT2D eigenvalue weighted by Gasteiger charge is -2.40. The fourth-order valence-electron chi connectivity index (χ4n) is 1.93. The van der Waals surface area contributed by atoms with E-state index in [4.69, 9.17) is 0 Å². The van der Waals surface area contributed by atoms with Gasteiger partial charge in [0.05, 0.1) is 0 Å². The Morgan fingerprint density at radius 1 is 1.33 bits per heavy atom. The Hall–Kier alpha value is -0.0800. The van der Waals surface area contributed by atoms with Gasteiger partial charge < -0.3 is 9.80 Å². The monoisotopic (exact) mass is 170 g/mol. The first-order chi connectivity index (χ1) is 5.65. The van der Waals surface area contributed by atoms with Crippen LogP contribution in [0, 0.1) is 5.92 Å². The molecule has 2 atom stereocenters. The molecule has 0 aromatic rings. The summed E-state index contributed by atoms with van der Waals surface area (Å²) in [5.41, 5.74) is 0. The number of nitrogens with zero attached hydrogens (tertiary/aromatic N) is 2. The van der Waals surface area contributed by atoms with Crippen LogP contribution in [0.5, 0.6) is 0 Å². The van der Waals surface area contributed by atoms with Crippen molar-refractivity contribution in [3.8, 4) is 0 Å². The molecule has 0 aromatic heterocycles. The van der Waals surface area contributed by atoms with Gasteiger partial charge in [-0.1, -0.05) is 20.3 Å². The van der Waals surface area contributed by atoms with Crippen LogP contribution in [0.3, 0.4) is 0 Å². The van der Waals surface area contributed by atoms with Crippen LogP contribution < -0.4 is 0 Å². The largest absolute Gasteiger partial charge is 0.304 e. The van der Waals surface area contributed by atoms with Crippen LogP contribution in [0.25, 0.3) is 0 Å². The third kappa shape index (κ3) is 2.20. The van der Waals surface area contributed by atoms with Gasteiger partial charge in [0.15, 0.2) is 0 Å². The average Bonchev–Trinajstić information content (AvgIpc) is 2.08. The molecule has 12 heavy (non-hydrogen) atoms. The van der Waals surface area contributed by atoms with Gasteiger partial charge in [-0.05, 0) is 20.0 Å². The summed E-state index contributed by atoms with van der Waals surface area (Å²) in [5, 5.41) is 0. The zero-order valence-corrected chi connectivity index (χ0v) is 8.88. The molecule has 0 aliphatic carbocycles. The van der Waals surface area contributed by atoms with E-state index in [1.807, 2.05) is 0 Å². The van der Waals surface area contributed by atoms with Crippen molar-refractivity contribution in [2.45, 2.75) is 26.3 Å². The van der Waals surface area contributed by atoms with Crippen molar-refractivity contribution < 1.29 is 0 Å². The van der Waals surface area contributed by atoms with Crippen LogP contribution in [0.1, 0.15) is 20.3 Å². The standard InChI is InChI=1S/C10H22N2/c1-5-9(2)10-8-11(3)6-7-12(10)4/h9-10H,5-8H2,1-4H3. The summed E-state index contributed by atoms with van der Waals surface area (Å²) in [6.45, 7) is 8.34. The topological polar surface area (TPSA) is 6.48 Å². The molecule has 2 heteroatoms. The fourth-order valence-corrected chi connectivity index (χ4v) is 1.93. The molecular formula is C10H22N2. The molecule has 1 aliphatic heterocycles. The Balaban J connectivity index is 2.48. The second kappa shape index (κ2) is 4.24. The molecule has 0 spiro atoms. The third-order valence-corrected chi connectivity index (χ3v) is 3.20.